The smallest absolute Gasteiger partial charge is 0.0449 e. The molecule has 1 aromatic carbocycles. The zero-order valence-corrected chi connectivity index (χ0v) is 12.7. The number of rotatable bonds is 6. The summed E-state index contributed by atoms with van der Waals surface area (Å²) in [5, 5.41) is 3.49. The van der Waals surface area contributed by atoms with Gasteiger partial charge in [0.25, 0.3) is 0 Å². The maximum Gasteiger partial charge on any atom is 0.0449 e. The minimum Gasteiger partial charge on any atom is -0.312 e. The largest absolute Gasteiger partial charge is 0.312 e. The van der Waals surface area contributed by atoms with Gasteiger partial charge in [-0.2, -0.15) is 0 Å². The van der Waals surface area contributed by atoms with Crippen molar-refractivity contribution in [3.63, 3.8) is 0 Å². The van der Waals surface area contributed by atoms with Gasteiger partial charge in [0, 0.05) is 19.1 Å². The van der Waals surface area contributed by atoms with Crippen LogP contribution in [0.3, 0.4) is 0 Å². The lowest BCUT2D eigenvalue weighted by atomic mass is 10.0. The first kappa shape index (κ1) is 14.5. The van der Waals surface area contributed by atoms with E-state index in [1.807, 2.05) is 0 Å². The van der Waals surface area contributed by atoms with Crippen LogP contribution < -0.4 is 5.32 Å². The Labute approximate surface area is 118 Å². The summed E-state index contributed by atoms with van der Waals surface area (Å²) in [5.74, 6) is 0.930. The van der Waals surface area contributed by atoms with Crippen molar-refractivity contribution in [1.29, 1.82) is 0 Å². The average molecular weight is 260 g/mol. The highest BCUT2D eigenvalue weighted by molar-refractivity contribution is 5.29. The Balaban J connectivity index is 1.95. The summed E-state index contributed by atoms with van der Waals surface area (Å²) in [5.41, 5.74) is 2.84. The van der Waals surface area contributed by atoms with Crippen LogP contribution in [0, 0.1) is 12.8 Å². The molecule has 2 unspecified atom stereocenters. The summed E-state index contributed by atoms with van der Waals surface area (Å²) in [4.78, 5) is 2.63. The maximum atomic E-state index is 3.49. The molecule has 19 heavy (non-hydrogen) atoms. The lowest BCUT2D eigenvalue weighted by Crippen LogP contribution is -2.32. The highest BCUT2D eigenvalue weighted by atomic mass is 15.2. The fourth-order valence-corrected chi connectivity index (χ4v) is 3.30. The standard InChI is InChI=1S/C17H28N2/c1-4-7-15-10-11-19(12-15)13-17(18-3)16-9-6-5-8-14(16)2/h5-6,8-9,15,17-18H,4,7,10-13H2,1-3H3. The van der Waals surface area contributed by atoms with Gasteiger partial charge < -0.3 is 10.2 Å². The van der Waals surface area contributed by atoms with Crippen molar-refractivity contribution in [2.75, 3.05) is 26.7 Å². The Morgan fingerprint density at radius 2 is 2.16 bits per heavy atom. The molecule has 2 atom stereocenters. The van der Waals surface area contributed by atoms with Crippen LogP contribution in [0.2, 0.25) is 0 Å². The second-order valence-electron chi connectivity index (χ2n) is 5.90. The Bertz CT molecular complexity index is 389. The van der Waals surface area contributed by atoms with E-state index in [2.05, 4.69) is 55.4 Å². The molecule has 1 aliphatic rings. The number of hydrogen-bond donors (Lipinski definition) is 1. The molecule has 1 fully saturated rings. The first-order valence-corrected chi connectivity index (χ1v) is 7.69. The maximum absolute atomic E-state index is 3.49. The zero-order valence-electron chi connectivity index (χ0n) is 12.7. The minimum atomic E-state index is 0.460. The molecule has 1 aromatic rings. The fourth-order valence-electron chi connectivity index (χ4n) is 3.30. The molecular formula is C17H28N2. The van der Waals surface area contributed by atoms with Crippen LogP contribution in [0.1, 0.15) is 43.4 Å². The van der Waals surface area contributed by atoms with E-state index >= 15 is 0 Å². The van der Waals surface area contributed by atoms with E-state index < -0.39 is 0 Å². The fraction of sp³-hybridized carbons (Fsp3) is 0.647. The summed E-state index contributed by atoms with van der Waals surface area (Å²) in [6, 6.07) is 9.20. The van der Waals surface area contributed by atoms with Gasteiger partial charge >= 0.3 is 0 Å². The molecule has 0 aromatic heterocycles. The van der Waals surface area contributed by atoms with E-state index in [1.165, 1.54) is 43.5 Å². The quantitative estimate of drug-likeness (QED) is 0.843. The Morgan fingerprint density at radius 1 is 1.37 bits per heavy atom. The molecule has 0 amide bonds. The number of likely N-dealkylation sites (N-methyl/N-ethyl adjacent to an activating group) is 1. The molecule has 1 aliphatic heterocycles. The van der Waals surface area contributed by atoms with Crippen molar-refractivity contribution < 1.29 is 0 Å². The third kappa shape index (κ3) is 3.80. The molecule has 0 spiro atoms. The molecule has 0 radical (unpaired) electrons. The summed E-state index contributed by atoms with van der Waals surface area (Å²) >= 11 is 0. The van der Waals surface area contributed by atoms with Crippen LogP contribution in [-0.4, -0.2) is 31.6 Å². The van der Waals surface area contributed by atoms with Crippen LogP contribution >= 0.6 is 0 Å². The van der Waals surface area contributed by atoms with Gasteiger partial charge in [0.15, 0.2) is 0 Å². The van der Waals surface area contributed by atoms with Crippen molar-refractivity contribution in [1.82, 2.24) is 10.2 Å². The summed E-state index contributed by atoms with van der Waals surface area (Å²) < 4.78 is 0. The molecule has 106 valence electrons. The topological polar surface area (TPSA) is 15.3 Å². The summed E-state index contributed by atoms with van der Waals surface area (Å²) in [6.45, 7) is 8.21. The Kier molecular flexibility index (Phi) is 5.41. The van der Waals surface area contributed by atoms with Gasteiger partial charge in [-0.25, -0.2) is 0 Å². The molecule has 1 heterocycles. The predicted molar refractivity (Wildman–Crippen MR) is 82.4 cm³/mol. The average Bonchev–Trinajstić information content (AvgIpc) is 2.85. The lowest BCUT2D eigenvalue weighted by molar-refractivity contribution is 0.285. The molecular weight excluding hydrogens is 232 g/mol. The number of nitrogens with zero attached hydrogens (tertiary/aromatic N) is 1. The molecule has 0 saturated carbocycles. The predicted octanol–water partition coefficient (Wildman–Crippen LogP) is 3.38. The third-order valence-electron chi connectivity index (χ3n) is 4.42. The molecule has 2 rings (SSSR count). The van der Waals surface area contributed by atoms with Gasteiger partial charge in [-0.05, 0) is 50.4 Å². The summed E-state index contributed by atoms with van der Waals surface area (Å²) in [6.07, 6.45) is 4.11. The van der Waals surface area contributed by atoms with Crippen molar-refractivity contribution in [2.24, 2.45) is 5.92 Å². The minimum absolute atomic E-state index is 0.460. The highest BCUT2D eigenvalue weighted by Crippen LogP contribution is 2.24. The van der Waals surface area contributed by atoms with E-state index in [4.69, 9.17) is 0 Å². The van der Waals surface area contributed by atoms with E-state index in [1.54, 1.807) is 0 Å². The van der Waals surface area contributed by atoms with Crippen LogP contribution in [0.15, 0.2) is 24.3 Å². The molecule has 0 bridgehead atoms. The normalized spacial score (nSPS) is 21.7. The second kappa shape index (κ2) is 7.06. The van der Waals surface area contributed by atoms with Crippen LogP contribution in [0.25, 0.3) is 0 Å². The molecule has 1 N–H and O–H groups in total. The van der Waals surface area contributed by atoms with Crippen molar-refractivity contribution in [2.45, 2.75) is 39.2 Å². The molecule has 1 saturated heterocycles. The molecule has 0 aliphatic carbocycles. The van der Waals surface area contributed by atoms with Gasteiger partial charge in [0.05, 0.1) is 0 Å². The number of hydrogen-bond acceptors (Lipinski definition) is 2. The Morgan fingerprint density at radius 3 is 2.84 bits per heavy atom. The van der Waals surface area contributed by atoms with Crippen molar-refractivity contribution in [3.8, 4) is 0 Å². The number of likely N-dealkylation sites (tertiary alicyclic amines) is 1. The molecule has 2 heteroatoms. The summed E-state index contributed by atoms with van der Waals surface area (Å²) in [7, 11) is 2.08. The SMILES string of the molecule is CCCC1CCN(CC(NC)c2ccccc2C)C1. The van der Waals surface area contributed by atoms with E-state index in [9.17, 15) is 0 Å². The third-order valence-corrected chi connectivity index (χ3v) is 4.42. The van der Waals surface area contributed by atoms with Crippen LogP contribution in [0.4, 0.5) is 0 Å². The second-order valence-corrected chi connectivity index (χ2v) is 5.90. The lowest BCUT2D eigenvalue weighted by Gasteiger charge is -2.25. The Hall–Kier alpha value is -0.860. The van der Waals surface area contributed by atoms with Crippen LogP contribution in [0.5, 0.6) is 0 Å². The van der Waals surface area contributed by atoms with E-state index in [-0.39, 0.29) is 0 Å². The highest BCUT2D eigenvalue weighted by Gasteiger charge is 2.24. The van der Waals surface area contributed by atoms with E-state index in [0.29, 0.717) is 6.04 Å². The van der Waals surface area contributed by atoms with Gasteiger partial charge in [-0.3, -0.25) is 0 Å². The zero-order chi connectivity index (χ0) is 13.7. The van der Waals surface area contributed by atoms with Crippen LogP contribution in [-0.2, 0) is 0 Å². The van der Waals surface area contributed by atoms with Gasteiger partial charge in [0.1, 0.15) is 0 Å². The number of aryl methyl sites for hydroxylation is 1. The first-order chi connectivity index (χ1) is 9.24. The van der Waals surface area contributed by atoms with Gasteiger partial charge in [-0.1, -0.05) is 37.6 Å². The number of nitrogens with one attached hydrogen (secondary N) is 1. The van der Waals surface area contributed by atoms with Crippen molar-refractivity contribution >= 4 is 0 Å². The van der Waals surface area contributed by atoms with Crippen molar-refractivity contribution in [3.05, 3.63) is 35.4 Å². The monoisotopic (exact) mass is 260 g/mol. The van der Waals surface area contributed by atoms with E-state index in [0.717, 1.165) is 12.5 Å². The first-order valence-electron chi connectivity index (χ1n) is 7.69. The number of benzene rings is 1. The molecule has 2 nitrogen and oxygen atoms in total. The van der Waals surface area contributed by atoms with Gasteiger partial charge in [-0.15, -0.1) is 0 Å². The van der Waals surface area contributed by atoms with Gasteiger partial charge in [0.2, 0.25) is 0 Å².